The Balaban J connectivity index is 1.63. The molecule has 80 valence electrons. The summed E-state index contributed by atoms with van der Waals surface area (Å²) >= 11 is 0. The van der Waals surface area contributed by atoms with Crippen LogP contribution < -0.4 is 5.32 Å². The summed E-state index contributed by atoms with van der Waals surface area (Å²) in [4.78, 5) is 11.8. The first-order chi connectivity index (χ1) is 7.23. The first-order valence-electron chi connectivity index (χ1n) is 5.61. The van der Waals surface area contributed by atoms with Gasteiger partial charge in [0, 0.05) is 0 Å². The lowest BCUT2D eigenvalue weighted by molar-refractivity contribution is -0.125. The van der Waals surface area contributed by atoms with Crippen LogP contribution in [-0.2, 0) is 9.53 Å². The molecule has 3 rings (SSSR count). The molecule has 1 saturated carbocycles. The molecule has 3 fully saturated rings. The standard InChI is InChI=1S/C11H14N2O2/c12-6-11(3-4-11)10(14)13-8-5-7-1-2-9(8)15-7/h7-9H,1-5H2,(H,13,14). The summed E-state index contributed by atoms with van der Waals surface area (Å²) in [6.45, 7) is 0. The van der Waals surface area contributed by atoms with Gasteiger partial charge in [0.2, 0.25) is 5.91 Å². The molecule has 3 aliphatic rings. The zero-order chi connectivity index (χ0) is 10.5. The van der Waals surface area contributed by atoms with E-state index in [4.69, 9.17) is 10.00 Å². The number of nitrogens with zero attached hydrogens (tertiary/aromatic N) is 1. The fourth-order valence-corrected chi connectivity index (χ4v) is 2.61. The van der Waals surface area contributed by atoms with Crippen LogP contribution in [0.5, 0.6) is 0 Å². The van der Waals surface area contributed by atoms with E-state index in [1.165, 1.54) is 0 Å². The normalized spacial score (nSPS) is 39.8. The molecule has 0 aromatic carbocycles. The highest BCUT2D eigenvalue weighted by Gasteiger charge is 2.52. The molecule has 3 atom stereocenters. The minimum absolute atomic E-state index is 0.0776. The van der Waals surface area contributed by atoms with Crippen LogP contribution in [0.2, 0.25) is 0 Å². The second kappa shape index (κ2) is 2.96. The maximum Gasteiger partial charge on any atom is 0.240 e. The van der Waals surface area contributed by atoms with Crippen molar-refractivity contribution in [3.63, 3.8) is 0 Å². The predicted octanol–water partition coefficient (Wildman–Crippen LogP) is 0.726. The highest BCUT2D eigenvalue weighted by atomic mass is 16.5. The van der Waals surface area contributed by atoms with Gasteiger partial charge >= 0.3 is 0 Å². The monoisotopic (exact) mass is 206 g/mol. The predicted molar refractivity (Wildman–Crippen MR) is 51.7 cm³/mol. The molecular formula is C11H14N2O2. The summed E-state index contributed by atoms with van der Waals surface area (Å²) < 4.78 is 5.65. The molecule has 1 amide bonds. The van der Waals surface area contributed by atoms with Crippen LogP contribution in [-0.4, -0.2) is 24.2 Å². The lowest BCUT2D eigenvalue weighted by Crippen LogP contribution is -2.44. The fraction of sp³-hybridized carbons (Fsp3) is 0.818. The van der Waals surface area contributed by atoms with Crippen molar-refractivity contribution in [2.24, 2.45) is 5.41 Å². The van der Waals surface area contributed by atoms with E-state index in [-0.39, 0.29) is 18.1 Å². The van der Waals surface area contributed by atoms with E-state index in [2.05, 4.69) is 11.4 Å². The van der Waals surface area contributed by atoms with E-state index < -0.39 is 5.41 Å². The number of nitriles is 1. The van der Waals surface area contributed by atoms with Crippen LogP contribution in [0.25, 0.3) is 0 Å². The molecule has 0 spiro atoms. The zero-order valence-corrected chi connectivity index (χ0v) is 8.53. The molecule has 2 saturated heterocycles. The Morgan fingerprint density at radius 2 is 2.27 bits per heavy atom. The highest BCUT2D eigenvalue weighted by molar-refractivity contribution is 5.88. The molecule has 0 aromatic heterocycles. The van der Waals surface area contributed by atoms with E-state index in [1.54, 1.807) is 0 Å². The van der Waals surface area contributed by atoms with Crippen LogP contribution in [0.3, 0.4) is 0 Å². The van der Waals surface area contributed by atoms with E-state index in [1.807, 2.05) is 0 Å². The minimum atomic E-state index is -0.693. The van der Waals surface area contributed by atoms with Gasteiger partial charge in [-0.05, 0) is 32.1 Å². The maximum atomic E-state index is 11.8. The molecule has 1 N–H and O–H groups in total. The molecule has 4 heteroatoms. The van der Waals surface area contributed by atoms with Crippen LogP contribution in [0.15, 0.2) is 0 Å². The molecule has 0 aromatic rings. The van der Waals surface area contributed by atoms with Crippen molar-refractivity contribution in [3.05, 3.63) is 0 Å². The molecule has 2 bridgehead atoms. The van der Waals surface area contributed by atoms with Crippen molar-refractivity contribution in [1.82, 2.24) is 5.32 Å². The molecule has 15 heavy (non-hydrogen) atoms. The largest absolute Gasteiger partial charge is 0.373 e. The number of hydrogen-bond donors (Lipinski definition) is 1. The quantitative estimate of drug-likeness (QED) is 0.724. The number of ether oxygens (including phenoxy) is 1. The van der Waals surface area contributed by atoms with Gasteiger partial charge in [-0.1, -0.05) is 0 Å². The van der Waals surface area contributed by atoms with Gasteiger partial charge in [-0.15, -0.1) is 0 Å². The van der Waals surface area contributed by atoms with Gasteiger partial charge in [0.25, 0.3) is 0 Å². The second-order valence-electron chi connectivity index (χ2n) is 4.88. The van der Waals surface area contributed by atoms with Crippen molar-refractivity contribution >= 4 is 5.91 Å². The zero-order valence-electron chi connectivity index (χ0n) is 8.53. The fourth-order valence-electron chi connectivity index (χ4n) is 2.61. The number of hydrogen-bond acceptors (Lipinski definition) is 3. The Hall–Kier alpha value is -1.08. The summed E-state index contributed by atoms with van der Waals surface area (Å²) in [6.07, 6.45) is 5.09. The van der Waals surface area contributed by atoms with E-state index in [0.29, 0.717) is 6.10 Å². The lowest BCUT2D eigenvalue weighted by atomic mass is 9.94. The van der Waals surface area contributed by atoms with Crippen molar-refractivity contribution < 1.29 is 9.53 Å². The van der Waals surface area contributed by atoms with Crippen molar-refractivity contribution in [2.45, 2.75) is 50.4 Å². The number of amides is 1. The van der Waals surface area contributed by atoms with Crippen molar-refractivity contribution in [2.75, 3.05) is 0 Å². The number of rotatable bonds is 2. The molecule has 0 radical (unpaired) electrons. The first kappa shape index (κ1) is 9.17. The van der Waals surface area contributed by atoms with Gasteiger partial charge in [-0.25, -0.2) is 0 Å². The topological polar surface area (TPSA) is 62.1 Å². The summed E-state index contributed by atoms with van der Waals surface area (Å²) in [5, 5.41) is 11.9. The molecule has 2 heterocycles. The molecule has 3 unspecified atom stereocenters. The highest BCUT2D eigenvalue weighted by Crippen LogP contribution is 2.45. The average Bonchev–Trinajstić information content (AvgIpc) is 2.79. The summed E-state index contributed by atoms with van der Waals surface area (Å²) in [5.74, 6) is -0.0776. The molecule has 4 nitrogen and oxygen atoms in total. The molecule has 2 aliphatic heterocycles. The van der Waals surface area contributed by atoms with Gasteiger partial charge in [-0.3, -0.25) is 4.79 Å². The first-order valence-corrected chi connectivity index (χ1v) is 5.61. The number of nitrogens with one attached hydrogen (secondary N) is 1. The third kappa shape index (κ3) is 1.34. The Bertz CT molecular complexity index is 343. The second-order valence-corrected chi connectivity index (χ2v) is 4.88. The van der Waals surface area contributed by atoms with Gasteiger partial charge in [0.05, 0.1) is 24.3 Å². The van der Waals surface area contributed by atoms with Gasteiger partial charge in [0.1, 0.15) is 5.41 Å². The van der Waals surface area contributed by atoms with Crippen molar-refractivity contribution in [3.8, 4) is 6.07 Å². The summed E-state index contributed by atoms with van der Waals surface area (Å²) in [7, 11) is 0. The summed E-state index contributed by atoms with van der Waals surface area (Å²) in [5.41, 5.74) is -0.693. The van der Waals surface area contributed by atoms with Crippen molar-refractivity contribution in [1.29, 1.82) is 5.26 Å². The molecular weight excluding hydrogens is 192 g/mol. The maximum absolute atomic E-state index is 11.8. The average molecular weight is 206 g/mol. The minimum Gasteiger partial charge on any atom is -0.373 e. The van der Waals surface area contributed by atoms with Gasteiger partial charge < -0.3 is 10.1 Å². The third-order valence-corrected chi connectivity index (χ3v) is 3.82. The number of carbonyl (C=O) groups is 1. The van der Waals surface area contributed by atoms with Crippen LogP contribution in [0, 0.1) is 16.7 Å². The van der Waals surface area contributed by atoms with Gasteiger partial charge in [-0.2, -0.15) is 5.26 Å². The van der Waals surface area contributed by atoms with E-state index >= 15 is 0 Å². The van der Waals surface area contributed by atoms with Gasteiger partial charge in [0.15, 0.2) is 0 Å². The summed E-state index contributed by atoms with van der Waals surface area (Å²) in [6, 6.07) is 2.27. The lowest BCUT2D eigenvalue weighted by Gasteiger charge is -2.21. The Morgan fingerprint density at radius 3 is 2.73 bits per heavy atom. The molecule has 1 aliphatic carbocycles. The SMILES string of the molecule is N#CC1(C(=O)NC2CC3CCC2O3)CC1. The number of carbonyl (C=O) groups excluding carboxylic acids is 1. The van der Waals surface area contributed by atoms with Crippen LogP contribution in [0.1, 0.15) is 32.1 Å². The number of fused-ring (bicyclic) bond motifs is 2. The third-order valence-electron chi connectivity index (χ3n) is 3.82. The Labute approximate surface area is 88.6 Å². The smallest absolute Gasteiger partial charge is 0.240 e. The Morgan fingerprint density at radius 1 is 1.47 bits per heavy atom. The van der Waals surface area contributed by atoms with E-state index in [9.17, 15) is 4.79 Å². The van der Waals surface area contributed by atoms with Crippen LogP contribution in [0.4, 0.5) is 0 Å². The van der Waals surface area contributed by atoms with E-state index in [0.717, 1.165) is 32.1 Å². The van der Waals surface area contributed by atoms with Crippen LogP contribution >= 0.6 is 0 Å². The Kier molecular flexibility index (Phi) is 1.81.